The molecular weight excluding hydrogens is 993 g/mol. The van der Waals surface area contributed by atoms with Gasteiger partial charge in [-0.15, -0.1) is 0 Å². The molecule has 4 aliphatic rings. The van der Waals surface area contributed by atoms with Crippen LogP contribution < -0.4 is 14.8 Å². The van der Waals surface area contributed by atoms with Gasteiger partial charge in [0.15, 0.2) is 23.4 Å². The Labute approximate surface area is 437 Å². The van der Waals surface area contributed by atoms with Gasteiger partial charge in [-0.25, -0.2) is 9.59 Å². The maximum absolute atomic E-state index is 15.0. The van der Waals surface area contributed by atoms with E-state index < -0.39 is 102 Å². The number of Topliss-reactive ketones (excluding diaryl/α,β-unsaturated/α-hetero) is 1. The molecule has 0 radical (unpaired) electrons. The average Bonchev–Trinajstić information content (AvgIpc) is 3.64. The minimum Gasteiger partial charge on any atom is -0.493 e. The molecule has 0 bridgehead atoms. The SMILES string of the molecule is CC[C@H]1OC(=O)C(C)[C@@H](O)[C@H](C)[C@@H](O[C@@H]2O[C@H](C)C[C@H](N(C)C(=O)N3CCOCC3)[C@H]2O)C(C)(OC)C[C@@H](C)C(=O)[C@H](C)[C@H]2N(CCCOc3cc(C(=O)Nc4c(Cl)cncc4Cl)ccc3OC)C(=O)O[C@]12C. The van der Waals surface area contributed by atoms with Gasteiger partial charge in [0.2, 0.25) is 0 Å². The van der Waals surface area contributed by atoms with Crippen LogP contribution in [-0.4, -0.2) is 180 Å². The molecule has 1 aromatic heterocycles. The molecule has 4 saturated heterocycles. The summed E-state index contributed by atoms with van der Waals surface area (Å²) in [6.45, 7) is 15.4. The Balaban J connectivity index is 1.25. The van der Waals surface area contributed by atoms with Gasteiger partial charge in [-0.05, 0) is 71.6 Å². The molecule has 2 aromatic rings. The normalized spacial score (nSPS) is 33.5. The molecule has 1 aromatic carbocycles. The van der Waals surface area contributed by atoms with Crippen molar-refractivity contribution in [1.82, 2.24) is 19.7 Å². The van der Waals surface area contributed by atoms with E-state index >= 15 is 0 Å². The summed E-state index contributed by atoms with van der Waals surface area (Å²) < 4.78 is 48.8. The van der Waals surface area contributed by atoms with E-state index in [0.29, 0.717) is 38.5 Å². The van der Waals surface area contributed by atoms with Crippen molar-refractivity contribution in [1.29, 1.82) is 0 Å². The second-order valence-electron chi connectivity index (χ2n) is 20.1. The molecule has 0 spiro atoms. The largest absolute Gasteiger partial charge is 0.493 e. The molecular formula is C51H73Cl2N5O15. The predicted octanol–water partition coefficient (Wildman–Crippen LogP) is 6.24. The number of carbonyl (C=O) groups is 5. The molecule has 4 fully saturated rings. The van der Waals surface area contributed by atoms with Crippen LogP contribution in [0.4, 0.5) is 15.3 Å². The highest BCUT2D eigenvalue weighted by atomic mass is 35.5. The van der Waals surface area contributed by atoms with E-state index in [1.54, 1.807) is 65.6 Å². The quantitative estimate of drug-likeness (QED) is 0.149. The van der Waals surface area contributed by atoms with Crippen LogP contribution >= 0.6 is 23.2 Å². The van der Waals surface area contributed by atoms with E-state index in [1.165, 1.54) is 49.4 Å². The average molecular weight is 1070 g/mol. The summed E-state index contributed by atoms with van der Waals surface area (Å²) in [5, 5.41) is 27.1. The standard InChI is InChI=1S/C51H73Cl2N5O15/c1-12-38-51(8)43(58(49(65)73-51)16-13-19-69-37-23-32(14-15-36(37)66-10)45(62)55-39-33(52)25-54-26-34(39)53)29(4)40(59)27(2)24-50(7,67-11)44(30(5)41(60)31(6)46(63)71-38)72-47-42(61)35(22-28(3)70-47)56(9)48(64)57-17-20-68-21-18-57/h14-15,23,25-31,35,38,41-44,47,60-61H,12-13,16-22,24H2,1-11H3,(H,54,55,62)/t27-,28-,29+,30+,31?,35+,38-,41+,42-,43-,44-,47+,50?,51-/m1/s1. The number of fused-ring (bicyclic) bond motifs is 1. The molecule has 14 atom stereocenters. The first-order chi connectivity index (χ1) is 34.5. The van der Waals surface area contributed by atoms with Crippen LogP contribution in [0.2, 0.25) is 10.0 Å². The number of cyclic esters (lactones) is 1. The number of urea groups is 1. The van der Waals surface area contributed by atoms with Crippen LogP contribution in [0.5, 0.6) is 11.5 Å². The van der Waals surface area contributed by atoms with Crippen LogP contribution in [0.25, 0.3) is 0 Å². The number of benzene rings is 1. The zero-order valence-corrected chi connectivity index (χ0v) is 45.1. The summed E-state index contributed by atoms with van der Waals surface area (Å²) in [6.07, 6.45) is -3.99. The summed E-state index contributed by atoms with van der Waals surface area (Å²) in [6, 6.07) is 2.67. The van der Waals surface area contributed by atoms with Crippen molar-refractivity contribution in [3.8, 4) is 11.5 Å². The molecule has 5 heterocycles. The van der Waals surface area contributed by atoms with Crippen LogP contribution in [0.3, 0.4) is 0 Å². The number of carbonyl (C=O) groups excluding carboxylic acids is 5. The lowest BCUT2D eigenvalue weighted by atomic mass is 9.73. The summed E-state index contributed by atoms with van der Waals surface area (Å²) in [4.78, 5) is 78.8. The number of rotatable bonds is 13. The number of ketones is 1. The number of methoxy groups -OCH3 is 2. The number of esters is 1. The monoisotopic (exact) mass is 1070 g/mol. The van der Waals surface area contributed by atoms with E-state index in [4.69, 9.17) is 61.1 Å². The topological polar surface area (TPSA) is 234 Å². The third kappa shape index (κ3) is 12.4. The number of aliphatic hydroxyl groups is 2. The summed E-state index contributed by atoms with van der Waals surface area (Å²) >= 11 is 12.5. The van der Waals surface area contributed by atoms with E-state index in [0.717, 1.165) is 0 Å². The first kappa shape index (κ1) is 57.7. The van der Waals surface area contributed by atoms with Crippen molar-refractivity contribution in [2.75, 3.05) is 66.0 Å². The number of likely N-dealkylation sites (N-methyl/N-ethyl adjacent to an activating group) is 1. The molecule has 2 unspecified atom stereocenters. The van der Waals surface area contributed by atoms with Gasteiger partial charge >= 0.3 is 18.1 Å². The van der Waals surface area contributed by atoms with E-state index in [1.807, 2.05) is 6.92 Å². The number of aromatic nitrogens is 1. The van der Waals surface area contributed by atoms with Gasteiger partial charge < -0.3 is 68.1 Å². The molecule has 4 amide bonds. The number of nitrogens with zero attached hydrogens (tertiary/aromatic N) is 4. The summed E-state index contributed by atoms with van der Waals surface area (Å²) in [5.74, 6) is -4.69. The second kappa shape index (κ2) is 24.4. The van der Waals surface area contributed by atoms with Crippen molar-refractivity contribution in [2.45, 2.75) is 141 Å². The first-order valence-electron chi connectivity index (χ1n) is 25.0. The number of pyridine rings is 1. The van der Waals surface area contributed by atoms with Gasteiger partial charge in [0, 0.05) is 69.5 Å². The van der Waals surface area contributed by atoms with Crippen LogP contribution in [-0.2, 0) is 38.0 Å². The highest BCUT2D eigenvalue weighted by Crippen LogP contribution is 2.44. The zero-order chi connectivity index (χ0) is 53.7. The fraction of sp³-hybridized carbons (Fsp3) is 0.686. The minimum absolute atomic E-state index is 0.0299. The lowest BCUT2D eigenvalue weighted by Gasteiger charge is -2.48. The van der Waals surface area contributed by atoms with Crippen molar-refractivity contribution in [3.63, 3.8) is 0 Å². The number of halogens is 2. The Hall–Kier alpha value is -4.54. The fourth-order valence-corrected chi connectivity index (χ4v) is 11.4. The number of hydrogen-bond donors (Lipinski definition) is 3. The molecule has 406 valence electrons. The number of anilines is 1. The van der Waals surface area contributed by atoms with Crippen LogP contribution in [0.15, 0.2) is 30.6 Å². The highest BCUT2D eigenvalue weighted by molar-refractivity contribution is 6.39. The second-order valence-corrected chi connectivity index (χ2v) is 20.9. The maximum Gasteiger partial charge on any atom is 0.410 e. The third-order valence-electron chi connectivity index (χ3n) is 15.1. The van der Waals surface area contributed by atoms with Gasteiger partial charge in [0.25, 0.3) is 5.91 Å². The maximum atomic E-state index is 15.0. The molecule has 3 N–H and O–H groups in total. The number of nitrogens with one attached hydrogen (secondary N) is 1. The van der Waals surface area contributed by atoms with Crippen molar-refractivity contribution >= 4 is 58.7 Å². The lowest BCUT2D eigenvalue weighted by molar-refractivity contribution is -0.300. The lowest BCUT2D eigenvalue weighted by Crippen LogP contribution is -2.62. The smallest absolute Gasteiger partial charge is 0.410 e. The summed E-state index contributed by atoms with van der Waals surface area (Å²) in [5.41, 5.74) is -2.50. The van der Waals surface area contributed by atoms with Crippen molar-refractivity contribution < 1.29 is 72.1 Å². The Morgan fingerprint density at radius 3 is 2.27 bits per heavy atom. The zero-order valence-electron chi connectivity index (χ0n) is 43.6. The Bertz CT molecular complexity index is 2270. The number of hydrogen-bond acceptors (Lipinski definition) is 16. The van der Waals surface area contributed by atoms with Gasteiger partial charge in [-0.3, -0.25) is 19.4 Å². The first-order valence-corrected chi connectivity index (χ1v) is 25.7. The Morgan fingerprint density at radius 2 is 1.64 bits per heavy atom. The summed E-state index contributed by atoms with van der Waals surface area (Å²) in [7, 11) is 4.54. The van der Waals surface area contributed by atoms with Crippen molar-refractivity contribution in [3.05, 3.63) is 46.2 Å². The van der Waals surface area contributed by atoms with Crippen molar-refractivity contribution in [2.24, 2.45) is 23.7 Å². The third-order valence-corrected chi connectivity index (χ3v) is 15.7. The number of ether oxygens (including phenoxy) is 8. The number of amides is 4. The molecule has 0 aliphatic carbocycles. The number of aliphatic hydroxyl groups excluding tert-OH is 2. The van der Waals surface area contributed by atoms with Crippen LogP contribution in [0, 0.1) is 23.7 Å². The van der Waals surface area contributed by atoms with Gasteiger partial charge in [-0.2, -0.15) is 0 Å². The van der Waals surface area contributed by atoms with E-state index in [-0.39, 0.29) is 71.3 Å². The van der Waals surface area contributed by atoms with Gasteiger partial charge in [0.05, 0.1) is 84.6 Å². The predicted molar refractivity (Wildman–Crippen MR) is 268 cm³/mol. The van der Waals surface area contributed by atoms with E-state index in [9.17, 15) is 34.2 Å². The molecule has 4 aliphatic heterocycles. The number of morpholine rings is 1. The molecule has 20 nitrogen and oxygen atoms in total. The molecule has 22 heteroatoms. The van der Waals surface area contributed by atoms with Gasteiger partial charge in [-0.1, -0.05) is 50.9 Å². The Kier molecular flexibility index (Phi) is 19.3. The van der Waals surface area contributed by atoms with E-state index in [2.05, 4.69) is 10.3 Å². The molecule has 6 rings (SSSR count). The molecule has 73 heavy (non-hydrogen) atoms. The Morgan fingerprint density at radius 1 is 0.973 bits per heavy atom. The minimum atomic E-state index is -1.53. The van der Waals surface area contributed by atoms with Gasteiger partial charge in [0.1, 0.15) is 18.0 Å². The molecule has 0 saturated carbocycles. The fourth-order valence-electron chi connectivity index (χ4n) is 10.9. The highest BCUT2D eigenvalue weighted by Gasteiger charge is 2.60. The van der Waals surface area contributed by atoms with Crippen LogP contribution in [0.1, 0.15) is 91.4 Å².